The minimum atomic E-state index is -0.268. The van der Waals surface area contributed by atoms with Crippen LogP contribution >= 0.6 is 0 Å². The predicted molar refractivity (Wildman–Crippen MR) is 113 cm³/mol. The number of pyridine rings is 1. The molecule has 7 heteroatoms. The molecule has 7 nitrogen and oxygen atoms in total. The average Bonchev–Trinajstić information content (AvgIpc) is 3.54. The van der Waals surface area contributed by atoms with Crippen LogP contribution < -0.4 is 20.3 Å². The molecule has 1 aromatic carbocycles. The maximum absolute atomic E-state index is 12.8. The number of anilines is 3. The van der Waals surface area contributed by atoms with Gasteiger partial charge in [0.05, 0.1) is 24.4 Å². The van der Waals surface area contributed by atoms with Crippen LogP contribution in [0.2, 0.25) is 0 Å². The molecule has 0 radical (unpaired) electrons. The minimum absolute atomic E-state index is 0.0145. The summed E-state index contributed by atoms with van der Waals surface area (Å²) in [6.45, 7) is 3.70. The summed E-state index contributed by atoms with van der Waals surface area (Å²) >= 11 is 0. The number of aromatic nitrogens is 1. The third-order valence-electron chi connectivity index (χ3n) is 5.12. The Morgan fingerprint density at radius 2 is 2.21 bits per heavy atom. The lowest BCUT2D eigenvalue weighted by molar-refractivity contribution is -0.117. The Balaban J connectivity index is 1.49. The van der Waals surface area contributed by atoms with Gasteiger partial charge in [-0.25, -0.2) is 4.98 Å². The van der Waals surface area contributed by atoms with Gasteiger partial charge in [-0.1, -0.05) is 19.4 Å². The first-order chi connectivity index (χ1) is 14.1. The van der Waals surface area contributed by atoms with Crippen LogP contribution in [0.25, 0.3) is 0 Å². The topological polar surface area (TPSA) is 83.6 Å². The number of benzene rings is 1. The van der Waals surface area contributed by atoms with E-state index in [4.69, 9.17) is 4.74 Å². The fraction of sp³-hybridized carbons (Fsp3) is 0.409. The first-order valence-corrected chi connectivity index (χ1v) is 10.2. The Morgan fingerprint density at radius 3 is 3.00 bits per heavy atom. The van der Waals surface area contributed by atoms with Crippen LogP contribution in [-0.4, -0.2) is 36.5 Å². The van der Waals surface area contributed by atoms with Crippen LogP contribution in [0.3, 0.4) is 0 Å². The molecule has 2 N–H and O–H groups in total. The van der Waals surface area contributed by atoms with Crippen molar-refractivity contribution in [3.05, 3.63) is 42.1 Å². The van der Waals surface area contributed by atoms with Gasteiger partial charge in [0, 0.05) is 24.5 Å². The van der Waals surface area contributed by atoms with Gasteiger partial charge in [-0.3, -0.25) is 9.59 Å². The monoisotopic (exact) mass is 394 g/mol. The lowest BCUT2D eigenvalue weighted by Crippen LogP contribution is -2.41. The summed E-state index contributed by atoms with van der Waals surface area (Å²) in [6.07, 6.45) is 5.89. The molecule has 152 valence electrons. The van der Waals surface area contributed by atoms with E-state index in [1.807, 2.05) is 24.3 Å². The van der Waals surface area contributed by atoms with Gasteiger partial charge >= 0.3 is 0 Å². The van der Waals surface area contributed by atoms with E-state index >= 15 is 0 Å². The zero-order chi connectivity index (χ0) is 20.2. The van der Waals surface area contributed by atoms with Gasteiger partial charge in [-0.15, -0.1) is 0 Å². The highest BCUT2D eigenvalue weighted by molar-refractivity contribution is 6.07. The lowest BCUT2D eigenvalue weighted by Gasteiger charge is -2.29. The van der Waals surface area contributed by atoms with Crippen LogP contribution in [-0.2, 0) is 4.79 Å². The number of nitrogens with zero attached hydrogens (tertiary/aromatic N) is 2. The van der Waals surface area contributed by atoms with E-state index < -0.39 is 0 Å². The van der Waals surface area contributed by atoms with Gasteiger partial charge in [0.2, 0.25) is 5.91 Å². The van der Waals surface area contributed by atoms with Gasteiger partial charge in [-0.2, -0.15) is 0 Å². The van der Waals surface area contributed by atoms with Crippen molar-refractivity contribution in [2.75, 3.05) is 35.2 Å². The quantitative estimate of drug-likeness (QED) is 0.668. The predicted octanol–water partition coefficient (Wildman–Crippen LogP) is 3.68. The molecule has 4 rings (SSSR count). The summed E-state index contributed by atoms with van der Waals surface area (Å²) in [5.41, 5.74) is 1.75. The molecule has 2 aliphatic rings. The molecule has 0 bridgehead atoms. The molecule has 1 saturated carbocycles. The number of ether oxygens (including phenoxy) is 1. The first kappa shape index (κ1) is 19.2. The lowest BCUT2D eigenvalue weighted by atomic mass is 10.1. The molecule has 2 aromatic rings. The van der Waals surface area contributed by atoms with Gasteiger partial charge in [-0.05, 0) is 43.4 Å². The maximum Gasteiger partial charge on any atom is 0.257 e. The smallest absolute Gasteiger partial charge is 0.257 e. The molecule has 29 heavy (non-hydrogen) atoms. The number of hydrogen-bond acceptors (Lipinski definition) is 5. The number of unbranched alkanes of at least 4 members (excludes halogenated alkanes) is 1. The number of nitrogens with one attached hydrogen (secondary N) is 2. The Hall–Kier alpha value is -3.09. The number of fused-ring (bicyclic) bond motifs is 1. The van der Waals surface area contributed by atoms with Crippen LogP contribution in [0, 0.1) is 5.92 Å². The molecule has 0 atom stereocenters. The zero-order valence-corrected chi connectivity index (χ0v) is 16.6. The normalized spacial score (nSPS) is 15.5. The van der Waals surface area contributed by atoms with Crippen molar-refractivity contribution in [2.45, 2.75) is 32.6 Å². The van der Waals surface area contributed by atoms with E-state index in [1.165, 1.54) is 6.20 Å². The molecule has 1 aliphatic carbocycles. The summed E-state index contributed by atoms with van der Waals surface area (Å²) < 4.78 is 5.70. The van der Waals surface area contributed by atoms with Gasteiger partial charge in [0.15, 0.2) is 0 Å². The third-order valence-corrected chi connectivity index (χ3v) is 5.12. The van der Waals surface area contributed by atoms with Crippen LogP contribution in [0.15, 0.2) is 36.5 Å². The summed E-state index contributed by atoms with van der Waals surface area (Å²) in [5.74, 6) is 1.67. The molecule has 1 aliphatic heterocycles. The zero-order valence-electron chi connectivity index (χ0n) is 16.6. The number of carbonyl (C=O) groups is 2. The van der Waals surface area contributed by atoms with Gasteiger partial charge in [0.25, 0.3) is 5.91 Å². The van der Waals surface area contributed by atoms with Crippen molar-refractivity contribution >= 4 is 29.0 Å². The molecule has 0 unspecified atom stereocenters. The van der Waals surface area contributed by atoms with Crippen molar-refractivity contribution in [2.24, 2.45) is 5.92 Å². The van der Waals surface area contributed by atoms with Crippen LogP contribution in [0.5, 0.6) is 5.75 Å². The first-order valence-electron chi connectivity index (χ1n) is 10.2. The van der Waals surface area contributed by atoms with Gasteiger partial charge in [0.1, 0.15) is 11.6 Å². The fourth-order valence-corrected chi connectivity index (χ4v) is 3.27. The standard InChI is InChI=1S/C22H26N4O3/c1-2-3-9-29-18-6-4-5-17(11-18)25-22(28)16-10-19-21(23-12-16)24-13-20(27)26(19)14-15-7-8-15/h4-6,10-12,15H,2-3,7-9,13-14H2,1H3,(H,23,24)(H,25,28). The largest absolute Gasteiger partial charge is 0.494 e. The fourth-order valence-electron chi connectivity index (χ4n) is 3.27. The molecule has 2 heterocycles. The molecule has 0 saturated heterocycles. The number of carbonyl (C=O) groups excluding carboxylic acids is 2. The molecule has 1 fully saturated rings. The van der Waals surface area contributed by atoms with E-state index in [9.17, 15) is 9.59 Å². The van der Waals surface area contributed by atoms with Crippen molar-refractivity contribution in [1.29, 1.82) is 0 Å². The van der Waals surface area contributed by atoms with Crippen LogP contribution in [0.1, 0.15) is 43.0 Å². The van der Waals surface area contributed by atoms with E-state index in [2.05, 4.69) is 22.5 Å². The second-order valence-electron chi connectivity index (χ2n) is 7.58. The third kappa shape index (κ3) is 4.67. The Morgan fingerprint density at radius 1 is 1.34 bits per heavy atom. The minimum Gasteiger partial charge on any atom is -0.494 e. The molecular weight excluding hydrogens is 368 g/mol. The summed E-state index contributed by atoms with van der Waals surface area (Å²) in [7, 11) is 0. The van der Waals surface area contributed by atoms with E-state index in [0.29, 0.717) is 41.8 Å². The summed E-state index contributed by atoms with van der Waals surface area (Å²) in [5, 5.41) is 5.93. The second-order valence-corrected chi connectivity index (χ2v) is 7.58. The molecule has 2 amide bonds. The number of rotatable bonds is 8. The van der Waals surface area contributed by atoms with Crippen molar-refractivity contribution < 1.29 is 14.3 Å². The van der Waals surface area contributed by atoms with E-state index in [-0.39, 0.29) is 18.4 Å². The van der Waals surface area contributed by atoms with E-state index in [0.717, 1.165) is 31.4 Å². The highest BCUT2D eigenvalue weighted by Crippen LogP contribution is 2.35. The average molecular weight is 394 g/mol. The molecule has 0 spiro atoms. The van der Waals surface area contributed by atoms with E-state index in [1.54, 1.807) is 11.0 Å². The highest BCUT2D eigenvalue weighted by Gasteiger charge is 2.32. The van der Waals surface area contributed by atoms with Crippen molar-refractivity contribution in [1.82, 2.24) is 4.98 Å². The Labute approximate surface area is 170 Å². The second kappa shape index (κ2) is 8.51. The number of amides is 2. The Bertz CT molecular complexity index is 911. The SMILES string of the molecule is CCCCOc1cccc(NC(=O)c2cnc3c(c2)N(CC2CC2)C(=O)CN3)c1. The summed E-state index contributed by atoms with van der Waals surface area (Å²) in [4.78, 5) is 31.3. The maximum atomic E-state index is 12.8. The molecular formula is C22H26N4O3. The van der Waals surface area contributed by atoms with Gasteiger partial charge < -0.3 is 20.3 Å². The van der Waals surface area contributed by atoms with Crippen molar-refractivity contribution in [3.63, 3.8) is 0 Å². The summed E-state index contributed by atoms with van der Waals surface area (Å²) in [6, 6.07) is 9.09. The van der Waals surface area contributed by atoms with Crippen molar-refractivity contribution in [3.8, 4) is 5.75 Å². The Kier molecular flexibility index (Phi) is 5.64. The molecule has 1 aromatic heterocycles. The van der Waals surface area contributed by atoms with Crippen LogP contribution in [0.4, 0.5) is 17.2 Å². The highest BCUT2D eigenvalue weighted by atomic mass is 16.5. The number of hydrogen-bond donors (Lipinski definition) is 2.